The average molecular weight is 359 g/mol. The maximum Gasteiger partial charge on any atom is 0.251 e. The zero-order chi connectivity index (χ0) is 18.6. The van der Waals surface area contributed by atoms with Gasteiger partial charge in [-0.1, -0.05) is 23.7 Å². The quantitative estimate of drug-likeness (QED) is 0.853. The third kappa shape index (κ3) is 5.61. The van der Waals surface area contributed by atoms with Crippen LogP contribution >= 0.6 is 11.6 Å². The van der Waals surface area contributed by atoms with Gasteiger partial charge in [0.25, 0.3) is 11.8 Å². The molecule has 5 heteroatoms. The first-order chi connectivity index (χ1) is 11.7. The predicted molar refractivity (Wildman–Crippen MR) is 101 cm³/mol. The van der Waals surface area contributed by atoms with E-state index in [-0.39, 0.29) is 23.4 Å². The summed E-state index contributed by atoms with van der Waals surface area (Å²) in [6.07, 6.45) is 0. The number of hydrogen-bond acceptors (Lipinski definition) is 2. The van der Waals surface area contributed by atoms with E-state index in [1.165, 1.54) is 0 Å². The van der Waals surface area contributed by atoms with Crippen molar-refractivity contribution in [2.45, 2.75) is 39.3 Å². The molecule has 2 aromatic rings. The second-order valence-electron chi connectivity index (χ2n) is 7.03. The molecule has 0 fully saturated rings. The minimum atomic E-state index is -0.306. The number of halogens is 1. The van der Waals surface area contributed by atoms with E-state index in [0.29, 0.717) is 16.1 Å². The molecule has 0 bridgehead atoms. The smallest absolute Gasteiger partial charge is 0.251 e. The molecule has 132 valence electrons. The largest absolute Gasteiger partial charge is 0.347 e. The number of benzene rings is 2. The van der Waals surface area contributed by atoms with Gasteiger partial charge in [0.15, 0.2) is 0 Å². The van der Waals surface area contributed by atoms with Crippen LogP contribution in [0.25, 0.3) is 0 Å². The molecule has 0 heterocycles. The highest BCUT2D eigenvalue weighted by Gasteiger charge is 2.16. The second kappa shape index (κ2) is 7.70. The van der Waals surface area contributed by atoms with Crippen molar-refractivity contribution in [1.29, 1.82) is 0 Å². The lowest BCUT2D eigenvalue weighted by molar-refractivity contribution is 0.0913. The molecule has 2 rings (SSSR count). The minimum Gasteiger partial charge on any atom is -0.347 e. The highest BCUT2D eigenvalue weighted by molar-refractivity contribution is 6.30. The Balaban J connectivity index is 2.04. The second-order valence-corrected chi connectivity index (χ2v) is 7.47. The number of carbonyl (C=O) groups excluding carboxylic acids is 2. The zero-order valence-electron chi connectivity index (χ0n) is 14.9. The van der Waals surface area contributed by atoms with Crippen LogP contribution in [0.5, 0.6) is 0 Å². The fourth-order valence-corrected chi connectivity index (χ4v) is 2.52. The Morgan fingerprint density at radius 3 is 2.04 bits per heavy atom. The molecule has 4 nitrogen and oxygen atoms in total. The Hall–Kier alpha value is -2.33. The third-order valence-corrected chi connectivity index (χ3v) is 3.83. The lowest BCUT2D eigenvalue weighted by Crippen LogP contribution is -2.40. The summed E-state index contributed by atoms with van der Waals surface area (Å²) >= 11 is 5.98. The molecule has 25 heavy (non-hydrogen) atoms. The van der Waals surface area contributed by atoms with Gasteiger partial charge in [-0.05, 0) is 69.7 Å². The maximum absolute atomic E-state index is 12.4. The molecule has 0 aliphatic carbocycles. The summed E-state index contributed by atoms with van der Waals surface area (Å²) in [7, 11) is 0. The lowest BCUT2D eigenvalue weighted by atomic mass is 10.1. The molecule has 0 aromatic heterocycles. The van der Waals surface area contributed by atoms with Crippen LogP contribution < -0.4 is 10.6 Å². The molecule has 2 aromatic carbocycles. The molecule has 0 radical (unpaired) electrons. The normalized spacial score (nSPS) is 12.4. The first-order valence-corrected chi connectivity index (χ1v) is 8.52. The van der Waals surface area contributed by atoms with Gasteiger partial charge in [0.2, 0.25) is 0 Å². The highest BCUT2D eigenvalue weighted by Crippen LogP contribution is 2.18. The fourth-order valence-electron chi connectivity index (χ4n) is 2.32. The van der Waals surface area contributed by atoms with Gasteiger partial charge in [-0.25, -0.2) is 0 Å². The van der Waals surface area contributed by atoms with Gasteiger partial charge in [0.05, 0.1) is 6.04 Å². The Morgan fingerprint density at radius 1 is 0.960 bits per heavy atom. The van der Waals surface area contributed by atoms with Crippen LogP contribution in [-0.2, 0) is 0 Å². The van der Waals surface area contributed by atoms with Crippen LogP contribution in [0.2, 0.25) is 5.02 Å². The summed E-state index contributed by atoms with van der Waals surface area (Å²) in [4.78, 5) is 24.5. The van der Waals surface area contributed by atoms with Gasteiger partial charge in [0, 0.05) is 21.7 Å². The summed E-state index contributed by atoms with van der Waals surface area (Å²) in [6, 6.07) is 13.8. The van der Waals surface area contributed by atoms with E-state index in [0.717, 1.165) is 5.56 Å². The van der Waals surface area contributed by atoms with Crippen molar-refractivity contribution in [3.63, 3.8) is 0 Å². The van der Waals surface area contributed by atoms with Crippen LogP contribution in [0, 0.1) is 0 Å². The first-order valence-electron chi connectivity index (χ1n) is 8.14. The van der Waals surface area contributed by atoms with Gasteiger partial charge >= 0.3 is 0 Å². The summed E-state index contributed by atoms with van der Waals surface area (Å²) in [6.45, 7) is 7.66. The molecule has 0 saturated carbocycles. The van der Waals surface area contributed by atoms with Crippen molar-refractivity contribution in [1.82, 2.24) is 10.6 Å². The zero-order valence-corrected chi connectivity index (χ0v) is 15.6. The van der Waals surface area contributed by atoms with Crippen molar-refractivity contribution in [3.05, 3.63) is 70.2 Å². The summed E-state index contributed by atoms with van der Waals surface area (Å²) in [5.74, 6) is -0.359. The van der Waals surface area contributed by atoms with Gasteiger partial charge < -0.3 is 10.6 Å². The Morgan fingerprint density at radius 2 is 1.52 bits per heavy atom. The third-order valence-electron chi connectivity index (χ3n) is 3.59. The van der Waals surface area contributed by atoms with Crippen LogP contribution in [-0.4, -0.2) is 17.4 Å². The highest BCUT2D eigenvalue weighted by atomic mass is 35.5. The van der Waals surface area contributed by atoms with Gasteiger partial charge in [-0.3, -0.25) is 9.59 Å². The summed E-state index contributed by atoms with van der Waals surface area (Å²) < 4.78 is 0. The minimum absolute atomic E-state index is 0.160. The molecule has 2 N–H and O–H groups in total. The summed E-state index contributed by atoms with van der Waals surface area (Å²) in [5, 5.41) is 6.45. The molecule has 0 spiro atoms. The number of nitrogens with one attached hydrogen (secondary N) is 2. The molecule has 2 amide bonds. The van der Waals surface area contributed by atoms with Crippen molar-refractivity contribution in [3.8, 4) is 0 Å². The van der Waals surface area contributed by atoms with Crippen LogP contribution in [0.1, 0.15) is 60.0 Å². The van der Waals surface area contributed by atoms with Crippen LogP contribution in [0.3, 0.4) is 0 Å². The standard InChI is InChI=1S/C20H23ClN2O2/c1-13(16-6-5-7-17(21)12-16)22-18(24)14-8-10-15(11-9-14)19(25)23-20(2,3)4/h5-13H,1-4H3,(H,22,24)(H,23,25). The monoisotopic (exact) mass is 358 g/mol. The molecule has 0 aliphatic heterocycles. The topological polar surface area (TPSA) is 58.2 Å². The van der Waals surface area contributed by atoms with E-state index in [2.05, 4.69) is 10.6 Å². The van der Waals surface area contributed by atoms with Gasteiger partial charge in [-0.2, -0.15) is 0 Å². The van der Waals surface area contributed by atoms with Gasteiger partial charge in [-0.15, -0.1) is 0 Å². The van der Waals surface area contributed by atoms with Crippen molar-refractivity contribution in [2.24, 2.45) is 0 Å². The van der Waals surface area contributed by atoms with Crippen molar-refractivity contribution in [2.75, 3.05) is 0 Å². The molecule has 0 aliphatic rings. The van der Waals surface area contributed by atoms with Crippen molar-refractivity contribution >= 4 is 23.4 Å². The average Bonchev–Trinajstić information content (AvgIpc) is 2.53. The van der Waals surface area contributed by atoms with Gasteiger partial charge in [0.1, 0.15) is 0 Å². The number of amides is 2. The molecule has 0 saturated heterocycles. The molecular weight excluding hydrogens is 336 g/mol. The number of carbonyl (C=O) groups is 2. The lowest BCUT2D eigenvalue weighted by Gasteiger charge is -2.20. The predicted octanol–water partition coefficient (Wildman–Crippen LogP) is 4.36. The first kappa shape index (κ1) is 19.0. The summed E-state index contributed by atoms with van der Waals surface area (Å²) in [5.41, 5.74) is 1.65. The van der Waals surface area contributed by atoms with E-state index in [1.54, 1.807) is 30.3 Å². The Kier molecular flexibility index (Phi) is 5.85. The SMILES string of the molecule is CC(NC(=O)c1ccc(C(=O)NC(C)(C)C)cc1)c1cccc(Cl)c1. The van der Waals surface area contributed by atoms with E-state index in [9.17, 15) is 9.59 Å². The van der Waals surface area contributed by atoms with E-state index >= 15 is 0 Å². The fraction of sp³-hybridized carbons (Fsp3) is 0.300. The number of rotatable bonds is 4. The molecule has 1 atom stereocenters. The Bertz CT molecular complexity index is 764. The van der Waals surface area contributed by atoms with Crippen molar-refractivity contribution < 1.29 is 9.59 Å². The van der Waals surface area contributed by atoms with Crippen LogP contribution in [0.4, 0.5) is 0 Å². The molecular formula is C20H23ClN2O2. The number of hydrogen-bond donors (Lipinski definition) is 2. The Labute approximate surface area is 153 Å². The van der Waals surface area contributed by atoms with E-state index in [1.807, 2.05) is 45.9 Å². The van der Waals surface area contributed by atoms with Crippen LogP contribution in [0.15, 0.2) is 48.5 Å². The van der Waals surface area contributed by atoms with E-state index in [4.69, 9.17) is 11.6 Å². The molecule has 1 unspecified atom stereocenters. The van der Waals surface area contributed by atoms with E-state index < -0.39 is 0 Å². The maximum atomic E-state index is 12.4.